The first-order valence-corrected chi connectivity index (χ1v) is 9.91. The van der Waals surface area contributed by atoms with Crippen molar-refractivity contribution in [1.29, 1.82) is 0 Å². The average Bonchev–Trinajstić information content (AvgIpc) is 2.73. The fraction of sp³-hybridized carbons (Fsp3) is 0.240. The van der Waals surface area contributed by atoms with E-state index in [4.69, 9.17) is 9.47 Å². The van der Waals surface area contributed by atoms with Crippen LogP contribution in [0.25, 0.3) is 0 Å². The van der Waals surface area contributed by atoms with E-state index in [1.165, 1.54) is 11.1 Å². The number of anilines is 1. The molecule has 0 bridgehead atoms. The molecule has 0 spiro atoms. The number of hydrogen-bond acceptors (Lipinski definition) is 3. The third-order valence-electron chi connectivity index (χ3n) is 5.17. The van der Waals surface area contributed by atoms with Gasteiger partial charge in [-0.25, -0.2) is 0 Å². The molecule has 0 unspecified atom stereocenters. The Balaban J connectivity index is 1.54. The summed E-state index contributed by atoms with van der Waals surface area (Å²) in [6.45, 7) is 5.21. The number of hydrogen-bond donors (Lipinski definition) is 1. The number of carbonyl (C=O) groups is 1. The average molecular weight is 387 g/mol. The van der Waals surface area contributed by atoms with E-state index in [2.05, 4.69) is 67.7 Å². The van der Waals surface area contributed by atoms with Gasteiger partial charge in [0.15, 0.2) is 11.5 Å². The summed E-state index contributed by atoms with van der Waals surface area (Å²) in [6.07, 6.45) is 0.362. The van der Waals surface area contributed by atoms with E-state index in [0.29, 0.717) is 36.8 Å². The molecular weight excluding hydrogens is 362 g/mol. The zero-order valence-corrected chi connectivity index (χ0v) is 16.8. The lowest BCUT2D eigenvalue weighted by atomic mass is 9.87. The summed E-state index contributed by atoms with van der Waals surface area (Å²) in [7, 11) is 0. The molecule has 148 valence electrons. The van der Waals surface area contributed by atoms with Crippen LogP contribution in [0.1, 0.15) is 34.6 Å². The lowest BCUT2D eigenvalue weighted by Crippen LogP contribution is -2.18. The minimum absolute atomic E-state index is 0.00610. The molecule has 0 atom stereocenters. The van der Waals surface area contributed by atoms with Crippen molar-refractivity contribution in [1.82, 2.24) is 0 Å². The molecule has 3 aromatic rings. The van der Waals surface area contributed by atoms with Gasteiger partial charge in [0.2, 0.25) is 5.91 Å². The topological polar surface area (TPSA) is 47.6 Å². The predicted octanol–water partition coefficient (Wildman–Crippen LogP) is 5.24. The minimum Gasteiger partial charge on any atom is -0.486 e. The lowest BCUT2D eigenvalue weighted by Gasteiger charge is -2.20. The van der Waals surface area contributed by atoms with Crippen molar-refractivity contribution in [3.05, 3.63) is 89.0 Å². The van der Waals surface area contributed by atoms with E-state index in [0.717, 1.165) is 11.1 Å². The maximum Gasteiger partial charge on any atom is 0.225 e. The molecule has 0 radical (unpaired) electrons. The Morgan fingerprint density at radius 2 is 1.38 bits per heavy atom. The van der Waals surface area contributed by atoms with Gasteiger partial charge in [0.25, 0.3) is 0 Å². The number of benzene rings is 3. The molecule has 1 aliphatic rings. The van der Waals surface area contributed by atoms with E-state index in [1.807, 2.05) is 18.2 Å². The number of fused-ring (bicyclic) bond motifs is 1. The lowest BCUT2D eigenvalue weighted by molar-refractivity contribution is -0.116. The van der Waals surface area contributed by atoms with Crippen LogP contribution in [0.2, 0.25) is 0 Å². The second-order valence-electron chi connectivity index (χ2n) is 7.48. The highest BCUT2D eigenvalue weighted by atomic mass is 16.6. The first-order chi connectivity index (χ1) is 14.1. The van der Waals surface area contributed by atoms with Crippen LogP contribution in [0.3, 0.4) is 0 Å². The van der Waals surface area contributed by atoms with E-state index in [-0.39, 0.29) is 11.8 Å². The molecule has 3 aromatic carbocycles. The SMILES string of the molecule is Cc1ccc(C(CC(=O)Nc2ccc3c(c2)OCCO3)c2ccc(C)cc2)cc1. The summed E-state index contributed by atoms with van der Waals surface area (Å²) in [5.74, 6) is 1.34. The molecule has 0 saturated heterocycles. The largest absolute Gasteiger partial charge is 0.486 e. The Bertz CT molecular complexity index is 948. The number of amides is 1. The van der Waals surface area contributed by atoms with Gasteiger partial charge in [-0.1, -0.05) is 59.7 Å². The number of aryl methyl sites for hydroxylation is 2. The van der Waals surface area contributed by atoms with Gasteiger partial charge in [-0.15, -0.1) is 0 Å². The van der Waals surface area contributed by atoms with E-state index in [1.54, 1.807) is 0 Å². The highest BCUT2D eigenvalue weighted by Crippen LogP contribution is 2.33. The molecule has 1 heterocycles. The first kappa shape index (κ1) is 19.1. The van der Waals surface area contributed by atoms with Crippen LogP contribution in [-0.4, -0.2) is 19.1 Å². The van der Waals surface area contributed by atoms with Crippen molar-refractivity contribution >= 4 is 11.6 Å². The molecule has 0 fully saturated rings. The van der Waals surface area contributed by atoms with Crippen LogP contribution in [-0.2, 0) is 4.79 Å². The molecule has 0 aromatic heterocycles. The zero-order valence-electron chi connectivity index (χ0n) is 16.8. The van der Waals surface area contributed by atoms with Crippen LogP contribution in [0.15, 0.2) is 66.7 Å². The Morgan fingerprint density at radius 1 is 0.828 bits per heavy atom. The molecule has 0 aliphatic carbocycles. The van der Waals surface area contributed by atoms with Crippen LogP contribution >= 0.6 is 0 Å². The van der Waals surface area contributed by atoms with Crippen molar-refractivity contribution in [3.63, 3.8) is 0 Å². The fourth-order valence-corrected chi connectivity index (χ4v) is 3.54. The maximum absolute atomic E-state index is 12.9. The van der Waals surface area contributed by atoms with Crippen LogP contribution < -0.4 is 14.8 Å². The Morgan fingerprint density at radius 3 is 1.97 bits per heavy atom. The second kappa shape index (κ2) is 8.39. The van der Waals surface area contributed by atoms with Gasteiger partial charge in [0, 0.05) is 24.1 Å². The van der Waals surface area contributed by atoms with Gasteiger partial charge in [0.05, 0.1) is 0 Å². The molecule has 4 rings (SSSR count). The molecular formula is C25H25NO3. The first-order valence-electron chi connectivity index (χ1n) is 9.91. The molecule has 29 heavy (non-hydrogen) atoms. The third kappa shape index (κ3) is 4.60. The summed E-state index contributed by atoms with van der Waals surface area (Å²) in [5, 5.41) is 3.01. The van der Waals surface area contributed by atoms with Gasteiger partial charge in [-0.3, -0.25) is 4.79 Å². The number of ether oxygens (including phenoxy) is 2. The molecule has 1 amide bonds. The number of rotatable bonds is 5. The van der Waals surface area contributed by atoms with Crippen LogP contribution in [0.4, 0.5) is 5.69 Å². The van der Waals surface area contributed by atoms with Gasteiger partial charge in [0.1, 0.15) is 13.2 Å². The molecule has 1 aliphatic heterocycles. The summed E-state index contributed by atoms with van der Waals surface area (Å²) in [5.41, 5.74) is 5.40. The summed E-state index contributed by atoms with van der Waals surface area (Å²) >= 11 is 0. The van der Waals surface area contributed by atoms with Crippen molar-refractivity contribution in [2.75, 3.05) is 18.5 Å². The minimum atomic E-state index is -0.0344. The third-order valence-corrected chi connectivity index (χ3v) is 5.17. The molecule has 4 heteroatoms. The van der Waals surface area contributed by atoms with Crippen molar-refractivity contribution in [2.45, 2.75) is 26.2 Å². The quantitative estimate of drug-likeness (QED) is 0.652. The van der Waals surface area contributed by atoms with Crippen LogP contribution in [0, 0.1) is 13.8 Å². The Hall–Kier alpha value is -3.27. The Labute approximate surface area is 171 Å². The van der Waals surface area contributed by atoms with Crippen LogP contribution in [0.5, 0.6) is 11.5 Å². The standard InChI is InChI=1S/C25H25NO3/c1-17-3-7-19(8-4-17)22(20-9-5-18(2)6-10-20)16-25(27)26-21-11-12-23-24(15-21)29-14-13-28-23/h3-12,15,22H,13-14,16H2,1-2H3,(H,26,27). The second-order valence-corrected chi connectivity index (χ2v) is 7.48. The highest BCUT2D eigenvalue weighted by Gasteiger charge is 2.19. The van der Waals surface area contributed by atoms with Crippen molar-refractivity contribution in [3.8, 4) is 11.5 Å². The smallest absolute Gasteiger partial charge is 0.225 e. The van der Waals surface area contributed by atoms with E-state index < -0.39 is 0 Å². The molecule has 0 saturated carbocycles. The van der Waals surface area contributed by atoms with Gasteiger partial charge in [-0.05, 0) is 37.1 Å². The normalized spacial score (nSPS) is 12.7. The van der Waals surface area contributed by atoms with E-state index >= 15 is 0 Å². The maximum atomic E-state index is 12.9. The van der Waals surface area contributed by atoms with Crippen molar-refractivity contribution in [2.24, 2.45) is 0 Å². The monoisotopic (exact) mass is 387 g/mol. The summed E-state index contributed by atoms with van der Waals surface area (Å²) < 4.78 is 11.2. The predicted molar refractivity (Wildman–Crippen MR) is 115 cm³/mol. The molecule has 1 N–H and O–H groups in total. The summed E-state index contributed by atoms with van der Waals surface area (Å²) in [6, 6.07) is 22.3. The van der Waals surface area contributed by atoms with Gasteiger partial charge in [-0.2, -0.15) is 0 Å². The van der Waals surface area contributed by atoms with Gasteiger partial charge >= 0.3 is 0 Å². The number of nitrogens with one attached hydrogen (secondary N) is 1. The molecule has 4 nitrogen and oxygen atoms in total. The van der Waals surface area contributed by atoms with Crippen molar-refractivity contribution < 1.29 is 14.3 Å². The number of carbonyl (C=O) groups excluding carboxylic acids is 1. The Kier molecular flexibility index (Phi) is 5.52. The highest BCUT2D eigenvalue weighted by molar-refractivity contribution is 5.92. The van der Waals surface area contributed by atoms with E-state index in [9.17, 15) is 4.79 Å². The van der Waals surface area contributed by atoms with Gasteiger partial charge < -0.3 is 14.8 Å². The summed E-state index contributed by atoms with van der Waals surface area (Å²) in [4.78, 5) is 12.9. The fourth-order valence-electron chi connectivity index (χ4n) is 3.54. The zero-order chi connectivity index (χ0) is 20.2.